The molecule has 0 saturated carbocycles. The van der Waals surface area contributed by atoms with E-state index in [4.69, 9.17) is 14.7 Å². The lowest BCUT2D eigenvalue weighted by molar-refractivity contribution is -0.171. The van der Waals surface area contributed by atoms with Gasteiger partial charge in [0.15, 0.2) is 5.41 Å². The lowest BCUT2D eigenvalue weighted by atomic mass is 9.79. The molecule has 0 aliphatic rings. The Labute approximate surface area is 107 Å². The number of esters is 2. The molecule has 0 unspecified atom stereocenters. The third-order valence-electron chi connectivity index (χ3n) is 2.32. The Morgan fingerprint density at radius 1 is 1.22 bits per heavy atom. The molecular formula is C13H19NO4. The summed E-state index contributed by atoms with van der Waals surface area (Å²) < 4.78 is 9.79. The molecule has 0 aliphatic heterocycles. The molecule has 0 bridgehead atoms. The standard InChI is InChI=1S/C13H19NO4/c1-5-17-11(15)13(7-8-14,9-10(3)4)12(16)18-6-2/h3,5-7,9H2,1-2,4H3. The van der Waals surface area contributed by atoms with Crippen LogP contribution in [0, 0.1) is 16.7 Å². The summed E-state index contributed by atoms with van der Waals surface area (Å²) in [7, 11) is 0. The molecule has 5 nitrogen and oxygen atoms in total. The largest absolute Gasteiger partial charge is 0.465 e. The topological polar surface area (TPSA) is 76.4 Å². The molecule has 100 valence electrons. The van der Waals surface area contributed by atoms with Gasteiger partial charge in [0.25, 0.3) is 0 Å². The van der Waals surface area contributed by atoms with Crippen LogP contribution in [0.3, 0.4) is 0 Å². The summed E-state index contributed by atoms with van der Waals surface area (Å²) in [5.41, 5.74) is -0.974. The van der Waals surface area contributed by atoms with Gasteiger partial charge in [-0.2, -0.15) is 5.26 Å². The first-order valence-corrected chi connectivity index (χ1v) is 5.80. The lowest BCUT2D eigenvalue weighted by Gasteiger charge is -2.26. The van der Waals surface area contributed by atoms with Gasteiger partial charge in [-0.15, -0.1) is 6.58 Å². The van der Waals surface area contributed by atoms with Gasteiger partial charge in [-0.05, 0) is 27.2 Å². The van der Waals surface area contributed by atoms with Gasteiger partial charge < -0.3 is 9.47 Å². The number of ether oxygens (including phenoxy) is 2. The molecule has 0 aromatic carbocycles. The molecule has 0 aromatic heterocycles. The van der Waals surface area contributed by atoms with Crippen molar-refractivity contribution in [2.24, 2.45) is 5.41 Å². The van der Waals surface area contributed by atoms with E-state index >= 15 is 0 Å². The highest BCUT2D eigenvalue weighted by atomic mass is 16.6. The first-order valence-electron chi connectivity index (χ1n) is 5.80. The van der Waals surface area contributed by atoms with Crippen LogP contribution in [0.25, 0.3) is 0 Å². The highest BCUT2D eigenvalue weighted by Gasteiger charge is 2.48. The summed E-state index contributed by atoms with van der Waals surface area (Å²) >= 11 is 0. The van der Waals surface area contributed by atoms with Gasteiger partial charge in [0.05, 0.1) is 25.7 Å². The number of carbonyl (C=O) groups is 2. The fourth-order valence-electron chi connectivity index (χ4n) is 1.62. The highest BCUT2D eigenvalue weighted by molar-refractivity contribution is 6.00. The molecule has 0 saturated heterocycles. The summed E-state index contributed by atoms with van der Waals surface area (Å²) in [6, 6.07) is 1.85. The molecule has 0 aliphatic carbocycles. The van der Waals surface area contributed by atoms with Crippen molar-refractivity contribution in [2.45, 2.75) is 33.6 Å². The zero-order valence-electron chi connectivity index (χ0n) is 11.1. The molecule has 0 atom stereocenters. The molecule has 0 heterocycles. The summed E-state index contributed by atoms with van der Waals surface area (Å²) in [5.74, 6) is -1.46. The van der Waals surface area contributed by atoms with Crippen LogP contribution in [0.5, 0.6) is 0 Å². The molecule has 18 heavy (non-hydrogen) atoms. The minimum absolute atomic E-state index is 0.0538. The number of nitriles is 1. The number of hydrogen-bond acceptors (Lipinski definition) is 5. The average molecular weight is 253 g/mol. The van der Waals surface area contributed by atoms with E-state index < -0.39 is 17.4 Å². The predicted molar refractivity (Wildman–Crippen MR) is 65.4 cm³/mol. The van der Waals surface area contributed by atoms with Crippen LogP contribution in [0.2, 0.25) is 0 Å². The Hall–Kier alpha value is -1.83. The van der Waals surface area contributed by atoms with Crippen molar-refractivity contribution in [3.63, 3.8) is 0 Å². The molecule has 0 rings (SSSR count). The fourth-order valence-corrected chi connectivity index (χ4v) is 1.62. The first kappa shape index (κ1) is 16.2. The third kappa shape index (κ3) is 3.88. The van der Waals surface area contributed by atoms with E-state index in [0.717, 1.165) is 0 Å². The molecule has 5 heteroatoms. The first-order chi connectivity index (χ1) is 8.44. The lowest BCUT2D eigenvalue weighted by Crippen LogP contribution is -2.42. The number of carbonyl (C=O) groups excluding carboxylic acids is 2. The van der Waals surface area contributed by atoms with Crippen molar-refractivity contribution in [2.75, 3.05) is 13.2 Å². The molecule has 0 amide bonds. The predicted octanol–water partition coefficient (Wildman–Crippen LogP) is 1.98. The van der Waals surface area contributed by atoms with Crippen LogP contribution in [0.15, 0.2) is 12.2 Å². The second-order valence-electron chi connectivity index (χ2n) is 3.99. The fraction of sp³-hybridized carbons (Fsp3) is 0.615. The van der Waals surface area contributed by atoms with Gasteiger partial charge in [-0.3, -0.25) is 9.59 Å². The Morgan fingerprint density at radius 2 is 1.67 bits per heavy atom. The SMILES string of the molecule is C=C(C)CC(CC#N)(C(=O)OCC)C(=O)OCC. The van der Waals surface area contributed by atoms with Gasteiger partial charge in [0.2, 0.25) is 0 Å². The van der Waals surface area contributed by atoms with Crippen molar-refractivity contribution in [1.29, 1.82) is 5.26 Å². The van der Waals surface area contributed by atoms with E-state index in [1.165, 1.54) is 0 Å². The van der Waals surface area contributed by atoms with Crippen LogP contribution >= 0.6 is 0 Å². The van der Waals surface area contributed by atoms with Crippen molar-refractivity contribution < 1.29 is 19.1 Å². The van der Waals surface area contributed by atoms with Gasteiger partial charge in [-0.1, -0.05) is 5.57 Å². The highest BCUT2D eigenvalue weighted by Crippen LogP contribution is 2.33. The van der Waals surface area contributed by atoms with Crippen LogP contribution in [0.1, 0.15) is 33.6 Å². The second-order valence-corrected chi connectivity index (χ2v) is 3.99. The molecule has 0 radical (unpaired) electrons. The minimum atomic E-state index is -1.59. The van der Waals surface area contributed by atoms with Crippen LogP contribution in [0.4, 0.5) is 0 Å². The van der Waals surface area contributed by atoms with E-state index in [1.54, 1.807) is 20.8 Å². The quantitative estimate of drug-likeness (QED) is 0.394. The minimum Gasteiger partial charge on any atom is -0.465 e. The van der Waals surface area contributed by atoms with Crippen molar-refractivity contribution in [1.82, 2.24) is 0 Å². The van der Waals surface area contributed by atoms with Crippen LogP contribution in [-0.4, -0.2) is 25.2 Å². The van der Waals surface area contributed by atoms with E-state index in [0.29, 0.717) is 5.57 Å². The average Bonchev–Trinajstić information content (AvgIpc) is 2.28. The Bertz CT molecular complexity index is 350. The number of rotatable bonds is 7. The Balaban J connectivity index is 5.41. The van der Waals surface area contributed by atoms with Crippen LogP contribution in [-0.2, 0) is 19.1 Å². The summed E-state index contributed by atoms with van der Waals surface area (Å²) in [5, 5.41) is 8.85. The third-order valence-corrected chi connectivity index (χ3v) is 2.32. The molecular weight excluding hydrogens is 234 g/mol. The maximum Gasteiger partial charge on any atom is 0.324 e. The number of hydrogen-bond donors (Lipinski definition) is 0. The van der Waals surface area contributed by atoms with E-state index in [1.807, 2.05) is 6.07 Å². The van der Waals surface area contributed by atoms with Crippen molar-refractivity contribution in [3.05, 3.63) is 12.2 Å². The monoisotopic (exact) mass is 253 g/mol. The molecule has 0 fully saturated rings. The van der Waals surface area contributed by atoms with Crippen molar-refractivity contribution in [3.8, 4) is 6.07 Å². The molecule has 0 N–H and O–H groups in total. The van der Waals surface area contributed by atoms with Crippen LogP contribution < -0.4 is 0 Å². The maximum absolute atomic E-state index is 12.0. The van der Waals surface area contributed by atoms with E-state index in [2.05, 4.69) is 6.58 Å². The summed E-state index contributed by atoms with van der Waals surface area (Å²) in [4.78, 5) is 24.0. The molecule has 0 spiro atoms. The number of nitrogens with zero attached hydrogens (tertiary/aromatic N) is 1. The number of allylic oxidation sites excluding steroid dienone is 1. The second kappa shape index (κ2) is 7.49. The van der Waals surface area contributed by atoms with Gasteiger partial charge in [-0.25, -0.2) is 0 Å². The van der Waals surface area contributed by atoms with Gasteiger partial charge >= 0.3 is 11.9 Å². The summed E-state index contributed by atoms with van der Waals surface area (Å²) in [6.45, 7) is 8.93. The van der Waals surface area contributed by atoms with Gasteiger partial charge in [0.1, 0.15) is 0 Å². The smallest absolute Gasteiger partial charge is 0.324 e. The van der Waals surface area contributed by atoms with Gasteiger partial charge in [0, 0.05) is 0 Å². The zero-order chi connectivity index (χ0) is 14.2. The van der Waals surface area contributed by atoms with E-state index in [-0.39, 0.29) is 26.1 Å². The molecule has 0 aromatic rings. The summed E-state index contributed by atoms with van der Waals surface area (Å²) in [6.07, 6.45) is -0.226. The Kier molecular flexibility index (Phi) is 6.73. The van der Waals surface area contributed by atoms with Crippen molar-refractivity contribution >= 4 is 11.9 Å². The van der Waals surface area contributed by atoms with E-state index in [9.17, 15) is 9.59 Å². The maximum atomic E-state index is 12.0. The Morgan fingerprint density at radius 3 is 1.94 bits per heavy atom. The zero-order valence-corrected chi connectivity index (χ0v) is 11.1. The normalized spacial score (nSPS) is 10.3.